The van der Waals surface area contributed by atoms with Crippen LogP contribution in [0.2, 0.25) is 0 Å². The third kappa shape index (κ3) is 5.40. The molecule has 0 aromatic heterocycles. The van der Waals surface area contributed by atoms with Crippen LogP contribution in [0.4, 0.5) is 0 Å². The number of unbranched alkanes of at least 4 members (excludes halogenated alkanes) is 3. The predicted molar refractivity (Wildman–Crippen MR) is 119 cm³/mol. The molecule has 7 nitrogen and oxygen atoms in total. The Balaban J connectivity index is 1.34. The lowest BCUT2D eigenvalue weighted by atomic mass is 9.85. The van der Waals surface area contributed by atoms with Crippen LogP contribution in [-0.4, -0.2) is 59.7 Å². The van der Waals surface area contributed by atoms with E-state index in [0.717, 1.165) is 25.7 Å². The molecular weight excluding hydrogens is 408 g/mol. The zero-order valence-corrected chi connectivity index (χ0v) is 19.0. The highest BCUT2D eigenvalue weighted by Gasteiger charge is 2.58. The van der Waals surface area contributed by atoms with Crippen LogP contribution in [0.15, 0.2) is 12.2 Å². The molecule has 1 aliphatic heterocycles. The molecule has 2 bridgehead atoms. The first kappa shape index (κ1) is 24.0. The molecule has 0 aromatic carbocycles. The van der Waals surface area contributed by atoms with Gasteiger partial charge in [-0.25, -0.2) is 0 Å². The number of likely N-dealkylation sites (tertiary alicyclic amines) is 1. The monoisotopic (exact) mass is 442 g/mol. The minimum absolute atomic E-state index is 0.0149. The van der Waals surface area contributed by atoms with Crippen molar-refractivity contribution in [3.05, 3.63) is 12.2 Å². The second-order valence-electron chi connectivity index (χ2n) is 8.98. The topological polar surface area (TPSA) is 84.0 Å². The third-order valence-electron chi connectivity index (χ3n) is 6.82. The number of carbonyl (C=O) groups excluding carboxylic acids is 4. The van der Waals surface area contributed by atoms with Crippen LogP contribution in [0.1, 0.15) is 58.3 Å². The summed E-state index contributed by atoms with van der Waals surface area (Å²) >= 11 is 0. The summed E-state index contributed by atoms with van der Waals surface area (Å²) in [5.41, 5.74) is 0. The second kappa shape index (κ2) is 11.3. The van der Waals surface area contributed by atoms with Crippen LogP contribution >= 0.6 is 0 Å². The van der Waals surface area contributed by atoms with Crippen molar-refractivity contribution in [2.24, 2.45) is 23.7 Å². The Bertz CT molecular complexity index is 769. The van der Waals surface area contributed by atoms with Gasteiger partial charge in [0.05, 0.1) is 31.4 Å². The Morgan fingerprint density at radius 2 is 1.78 bits per heavy atom. The first-order chi connectivity index (χ1) is 15.5. The second-order valence-corrected chi connectivity index (χ2v) is 8.98. The zero-order chi connectivity index (χ0) is 23.1. The van der Waals surface area contributed by atoms with Crippen molar-refractivity contribution >= 4 is 23.7 Å². The van der Waals surface area contributed by atoms with Crippen molar-refractivity contribution in [1.29, 1.82) is 0 Å². The minimum Gasteiger partial charge on any atom is -0.466 e. The normalized spacial score (nSPS) is 25.2. The molecule has 7 heteroatoms. The highest BCUT2D eigenvalue weighted by molar-refractivity contribution is 6.06. The van der Waals surface area contributed by atoms with Crippen molar-refractivity contribution in [3.8, 4) is 12.3 Å². The van der Waals surface area contributed by atoms with E-state index >= 15 is 0 Å². The van der Waals surface area contributed by atoms with Crippen LogP contribution in [0.5, 0.6) is 0 Å². The van der Waals surface area contributed by atoms with Gasteiger partial charge < -0.3 is 9.64 Å². The molecule has 2 fully saturated rings. The average molecular weight is 443 g/mol. The lowest BCUT2D eigenvalue weighted by Gasteiger charge is -2.20. The molecule has 32 heavy (non-hydrogen) atoms. The van der Waals surface area contributed by atoms with Gasteiger partial charge in [-0.1, -0.05) is 37.8 Å². The van der Waals surface area contributed by atoms with Gasteiger partial charge in [-0.2, -0.15) is 0 Å². The highest BCUT2D eigenvalue weighted by Crippen LogP contribution is 2.52. The van der Waals surface area contributed by atoms with E-state index in [9.17, 15) is 19.2 Å². The number of nitrogens with zero attached hydrogens (tertiary/aromatic N) is 2. The lowest BCUT2D eigenvalue weighted by molar-refractivity contribution is -0.145. The SMILES string of the molecule is C#CCN(CCC(=O)OCCCC)C(=O)CCCCCN1C(=O)C2C3C=CC(C3)C2C1=O. The Kier molecular flexibility index (Phi) is 8.49. The molecule has 1 saturated carbocycles. The number of amides is 3. The van der Waals surface area contributed by atoms with E-state index in [1.165, 1.54) is 9.80 Å². The van der Waals surface area contributed by atoms with E-state index in [4.69, 9.17) is 11.2 Å². The number of esters is 1. The van der Waals surface area contributed by atoms with Gasteiger partial charge in [-0.3, -0.25) is 24.1 Å². The van der Waals surface area contributed by atoms with Gasteiger partial charge in [-0.15, -0.1) is 6.42 Å². The summed E-state index contributed by atoms with van der Waals surface area (Å²) in [5, 5.41) is 0. The van der Waals surface area contributed by atoms with Gasteiger partial charge in [0.15, 0.2) is 0 Å². The fraction of sp³-hybridized carbons (Fsp3) is 0.680. The summed E-state index contributed by atoms with van der Waals surface area (Å²) in [6, 6.07) is 0. The van der Waals surface area contributed by atoms with Crippen LogP contribution < -0.4 is 0 Å². The molecule has 0 spiro atoms. The van der Waals surface area contributed by atoms with Crippen molar-refractivity contribution in [3.63, 3.8) is 0 Å². The van der Waals surface area contributed by atoms with Gasteiger partial charge in [0.25, 0.3) is 0 Å². The molecule has 174 valence electrons. The molecule has 4 unspecified atom stereocenters. The maximum Gasteiger partial charge on any atom is 0.307 e. The number of imide groups is 1. The zero-order valence-electron chi connectivity index (χ0n) is 19.0. The number of fused-ring (bicyclic) bond motifs is 5. The highest BCUT2D eigenvalue weighted by atomic mass is 16.5. The molecule has 1 heterocycles. The number of allylic oxidation sites excluding steroid dienone is 2. The molecule has 1 saturated heterocycles. The van der Waals surface area contributed by atoms with E-state index in [1.807, 2.05) is 6.92 Å². The number of rotatable bonds is 13. The first-order valence-corrected chi connectivity index (χ1v) is 11.9. The van der Waals surface area contributed by atoms with Crippen molar-refractivity contribution in [2.75, 3.05) is 26.2 Å². The van der Waals surface area contributed by atoms with Gasteiger partial charge >= 0.3 is 5.97 Å². The minimum atomic E-state index is -0.318. The fourth-order valence-corrected chi connectivity index (χ4v) is 5.10. The van der Waals surface area contributed by atoms with Crippen LogP contribution in [0.3, 0.4) is 0 Å². The molecule has 4 atom stereocenters. The van der Waals surface area contributed by atoms with Gasteiger partial charge in [0.2, 0.25) is 17.7 Å². The maximum absolute atomic E-state index is 12.7. The summed E-state index contributed by atoms with van der Waals surface area (Å²) in [5.74, 6) is 2.20. The Morgan fingerprint density at radius 3 is 2.41 bits per heavy atom. The molecule has 3 rings (SSSR count). The van der Waals surface area contributed by atoms with Crippen molar-refractivity contribution < 1.29 is 23.9 Å². The van der Waals surface area contributed by atoms with Crippen molar-refractivity contribution in [2.45, 2.75) is 58.3 Å². The lowest BCUT2D eigenvalue weighted by Crippen LogP contribution is -2.34. The van der Waals surface area contributed by atoms with E-state index in [-0.39, 0.29) is 66.9 Å². The molecule has 3 amide bonds. The van der Waals surface area contributed by atoms with Crippen LogP contribution in [-0.2, 0) is 23.9 Å². The predicted octanol–water partition coefficient (Wildman–Crippen LogP) is 2.55. The van der Waals surface area contributed by atoms with E-state index < -0.39 is 0 Å². The number of terminal acetylenes is 1. The third-order valence-corrected chi connectivity index (χ3v) is 6.82. The van der Waals surface area contributed by atoms with E-state index in [2.05, 4.69) is 18.1 Å². The Morgan fingerprint density at radius 1 is 1.09 bits per heavy atom. The van der Waals surface area contributed by atoms with Gasteiger partial charge in [0, 0.05) is 19.5 Å². The molecule has 2 aliphatic carbocycles. The fourth-order valence-electron chi connectivity index (χ4n) is 5.10. The van der Waals surface area contributed by atoms with Crippen LogP contribution in [0.25, 0.3) is 0 Å². The summed E-state index contributed by atoms with van der Waals surface area (Å²) in [6.45, 7) is 3.27. The smallest absolute Gasteiger partial charge is 0.307 e. The number of carbonyl (C=O) groups is 4. The Hall–Kier alpha value is -2.62. The van der Waals surface area contributed by atoms with Crippen molar-refractivity contribution in [1.82, 2.24) is 9.80 Å². The number of ether oxygens (including phenoxy) is 1. The van der Waals surface area contributed by atoms with Gasteiger partial charge in [0.1, 0.15) is 0 Å². The largest absolute Gasteiger partial charge is 0.466 e. The molecule has 3 aliphatic rings. The standard InChI is InChI=1S/C25H34N2O5/c1-3-5-16-32-21(29)12-15-26(13-4-2)20(28)9-7-6-8-14-27-24(30)22-18-10-11-19(17-18)23(22)25(27)31/h2,10-11,18-19,22-23H,3,5-9,12-17H2,1H3. The molecular formula is C25H34N2O5. The summed E-state index contributed by atoms with van der Waals surface area (Å²) in [7, 11) is 0. The summed E-state index contributed by atoms with van der Waals surface area (Å²) in [4.78, 5) is 52.6. The summed E-state index contributed by atoms with van der Waals surface area (Å²) in [6.07, 6.45) is 14.8. The summed E-state index contributed by atoms with van der Waals surface area (Å²) < 4.78 is 5.12. The molecule has 0 radical (unpaired) electrons. The maximum atomic E-state index is 12.7. The molecule has 0 aromatic rings. The van der Waals surface area contributed by atoms with E-state index in [1.54, 1.807) is 0 Å². The quantitative estimate of drug-likeness (QED) is 0.144. The van der Waals surface area contributed by atoms with E-state index in [0.29, 0.717) is 32.4 Å². The van der Waals surface area contributed by atoms with Crippen LogP contribution in [0, 0.1) is 36.0 Å². The molecule has 0 N–H and O–H groups in total. The average Bonchev–Trinajstić information content (AvgIpc) is 3.46. The van der Waals surface area contributed by atoms with Gasteiger partial charge in [-0.05, 0) is 37.5 Å². The number of hydrogen-bond acceptors (Lipinski definition) is 5. The Labute approximate surface area is 190 Å². The first-order valence-electron chi connectivity index (χ1n) is 11.9. The number of hydrogen-bond donors (Lipinski definition) is 0.